The van der Waals surface area contributed by atoms with Crippen LogP contribution in [0.3, 0.4) is 0 Å². The van der Waals surface area contributed by atoms with Crippen molar-refractivity contribution in [1.29, 1.82) is 0 Å². The van der Waals surface area contributed by atoms with Gasteiger partial charge in [0, 0.05) is 19.0 Å². The lowest BCUT2D eigenvalue weighted by atomic mass is 9.89. The summed E-state index contributed by atoms with van der Waals surface area (Å²) >= 11 is 6.06. The average molecular weight is 392 g/mol. The molecular weight excluding hydrogens is 369 g/mol. The lowest BCUT2D eigenvalue weighted by molar-refractivity contribution is 0.0697. The molecule has 1 atom stereocenters. The number of aromatic nitrogens is 2. The molecule has 2 aromatic rings. The van der Waals surface area contributed by atoms with Gasteiger partial charge in [0.2, 0.25) is 11.8 Å². The molecule has 1 aliphatic heterocycles. The second-order valence-corrected chi connectivity index (χ2v) is 7.94. The van der Waals surface area contributed by atoms with Crippen LogP contribution in [0.1, 0.15) is 78.9 Å². The summed E-state index contributed by atoms with van der Waals surface area (Å²) < 4.78 is 19.3. The average Bonchev–Trinajstić information content (AvgIpc) is 3.19. The first-order chi connectivity index (χ1) is 13.1. The van der Waals surface area contributed by atoms with Gasteiger partial charge in [-0.2, -0.15) is 0 Å². The number of carbonyl (C=O) groups is 1. The molecule has 7 heteroatoms. The van der Waals surface area contributed by atoms with Gasteiger partial charge in [0.1, 0.15) is 5.82 Å². The zero-order valence-corrected chi connectivity index (χ0v) is 15.9. The van der Waals surface area contributed by atoms with E-state index in [2.05, 4.69) is 10.2 Å². The molecule has 1 aromatic heterocycles. The van der Waals surface area contributed by atoms with E-state index in [-0.39, 0.29) is 16.8 Å². The molecule has 5 nitrogen and oxygen atoms in total. The van der Waals surface area contributed by atoms with Gasteiger partial charge in [0.15, 0.2) is 0 Å². The Balaban J connectivity index is 1.46. The van der Waals surface area contributed by atoms with E-state index < -0.39 is 5.82 Å². The highest BCUT2D eigenvalue weighted by Gasteiger charge is 2.31. The molecule has 1 saturated carbocycles. The zero-order chi connectivity index (χ0) is 18.8. The fraction of sp³-hybridized carbons (Fsp3) is 0.550. The highest BCUT2D eigenvalue weighted by Crippen LogP contribution is 2.34. The van der Waals surface area contributed by atoms with E-state index >= 15 is 0 Å². The van der Waals surface area contributed by atoms with E-state index in [0.29, 0.717) is 30.5 Å². The Hall–Kier alpha value is -1.95. The van der Waals surface area contributed by atoms with Crippen LogP contribution in [0.4, 0.5) is 4.39 Å². The Morgan fingerprint density at radius 3 is 2.52 bits per heavy atom. The second kappa shape index (κ2) is 7.97. The number of amides is 1. The zero-order valence-electron chi connectivity index (χ0n) is 15.2. The number of benzene rings is 1. The van der Waals surface area contributed by atoms with E-state index in [0.717, 1.165) is 31.6 Å². The third-order valence-corrected chi connectivity index (χ3v) is 5.94. The number of halogens is 2. The van der Waals surface area contributed by atoms with Crippen LogP contribution in [-0.2, 0) is 0 Å². The minimum Gasteiger partial charge on any atom is -0.425 e. The molecule has 0 radical (unpaired) electrons. The molecule has 4 rings (SSSR count). The monoisotopic (exact) mass is 391 g/mol. The van der Waals surface area contributed by atoms with Gasteiger partial charge in [-0.25, -0.2) is 4.39 Å². The lowest BCUT2D eigenvalue weighted by Crippen LogP contribution is -2.39. The standard InChI is InChI=1S/C20H23ClFN3O2/c21-17-11-15(22)8-9-16(17)20(26)25-10-4-7-14(12-25)19-24-23-18(27-19)13-5-2-1-3-6-13/h8-9,11,13-14H,1-7,10,12H2. The smallest absolute Gasteiger partial charge is 0.255 e. The van der Waals surface area contributed by atoms with Crippen LogP contribution in [0.25, 0.3) is 0 Å². The Morgan fingerprint density at radius 2 is 1.78 bits per heavy atom. The number of hydrogen-bond acceptors (Lipinski definition) is 4. The predicted octanol–water partition coefficient (Wildman–Crippen LogP) is 4.93. The van der Waals surface area contributed by atoms with Gasteiger partial charge in [0.05, 0.1) is 16.5 Å². The van der Waals surface area contributed by atoms with Crippen LogP contribution in [0, 0.1) is 5.82 Å². The number of nitrogens with zero attached hydrogens (tertiary/aromatic N) is 3. The van der Waals surface area contributed by atoms with Crippen LogP contribution in [0.5, 0.6) is 0 Å². The molecule has 2 fully saturated rings. The molecule has 144 valence electrons. The molecule has 1 aromatic carbocycles. The Bertz CT molecular complexity index is 819. The Kier molecular flexibility index (Phi) is 5.43. The first kappa shape index (κ1) is 18.4. The van der Waals surface area contributed by atoms with Crippen molar-refractivity contribution >= 4 is 17.5 Å². The number of carbonyl (C=O) groups excluding carboxylic acids is 1. The largest absolute Gasteiger partial charge is 0.425 e. The molecule has 1 amide bonds. The highest BCUT2D eigenvalue weighted by atomic mass is 35.5. The molecular formula is C20H23ClFN3O2. The quantitative estimate of drug-likeness (QED) is 0.744. The summed E-state index contributed by atoms with van der Waals surface area (Å²) in [5.41, 5.74) is 0.326. The second-order valence-electron chi connectivity index (χ2n) is 7.53. The minimum atomic E-state index is -0.450. The molecule has 1 aliphatic carbocycles. The summed E-state index contributed by atoms with van der Waals surface area (Å²) in [6, 6.07) is 3.87. The van der Waals surface area contributed by atoms with E-state index in [9.17, 15) is 9.18 Å². The first-order valence-electron chi connectivity index (χ1n) is 9.69. The molecule has 0 N–H and O–H groups in total. The van der Waals surface area contributed by atoms with E-state index in [4.69, 9.17) is 16.0 Å². The normalized spacial score (nSPS) is 21.4. The van der Waals surface area contributed by atoms with Crippen molar-refractivity contribution < 1.29 is 13.6 Å². The molecule has 0 bridgehead atoms. The van der Waals surface area contributed by atoms with E-state index in [1.165, 1.54) is 37.5 Å². The van der Waals surface area contributed by atoms with Gasteiger partial charge < -0.3 is 9.32 Å². The Morgan fingerprint density at radius 1 is 1.07 bits per heavy atom. The molecule has 2 aliphatic rings. The van der Waals surface area contributed by atoms with Crippen molar-refractivity contribution in [3.63, 3.8) is 0 Å². The molecule has 1 saturated heterocycles. The van der Waals surface area contributed by atoms with Crippen LogP contribution < -0.4 is 0 Å². The van der Waals surface area contributed by atoms with Crippen molar-refractivity contribution in [3.05, 3.63) is 46.4 Å². The van der Waals surface area contributed by atoms with E-state index in [1.54, 1.807) is 4.90 Å². The topological polar surface area (TPSA) is 59.2 Å². The third kappa shape index (κ3) is 4.00. The Labute approximate surface area is 162 Å². The third-order valence-electron chi connectivity index (χ3n) is 5.63. The molecule has 2 heterocycles. The maximum absolute atomic E-state index is 13.3. The van der Waals surface area contributed by atoms with Crippen molar-refractivity contribution in [2.45, 2.75) is 56.8 Å². The fourth-order valence-electron chi connectivity index (χ4n) is 4.12. The van der Waals surface area contributed by atoms with E-state index in [1.807, 2.05) is 0 Å². The molecule has 1 unspecified atom stereocenters. The predicted molar refractivity (Wildman–Crippen MR) is 99.4 cm³/mol. The first-order valence-corrected chi connectivity index (χ1v) is 10.1. The highest BCUT2D eigenvalue weighted by molar-refractivity contribution is 6.33. The summed E-state index contributed by atoms with van der Waals surface area (Å²) in [5.74, 6) is 1.14. The lowest BCUT2D eigenvalue weighted by Gasteiger charge is -2.31. The SMILES string of the molecule is O=C(c1ccc(F)cc1Cl)N1CCCC(c2nnc(C3CCCCC3)o2)C1. The maximum Gasteiger partial charge on any atom is 0.255 e. The summed E-state index contributed by atoms with van der Waals surface area (Å²) in [6.07, 6.45) is 7.70. The number of piperidine rings is 1. The van der Waals surface area contributed by atoms with Crippen molar-refractivity contribution in [1.82, 2.24) is 15.1 Å². The van der Waals surface area contributed by atoms with Gasteiger partial charge in [-0.05, 0) is 43.9 Å². The number of hydrogen-bond donors (Lipinski definition) is 0. The van der Waals surface area contributed by atoms with Gasteiger partial charge in [-0.15, -0.1) is 10.2 Å². The van der Waals surface area contributed by atoms with Crippen LogP contribution in [0.15, 0.2) is 22.6 Å². The number of rotatable bonds is 3. The van der Waals surface area contributed by atoms with Crippen LogP contribution in [-0.4, -0.2) is 34.1 Å². The summed E-state index contributed by atoms with van der Waals surface area (Å²) in [7, 11) is 0. The molecule has 0 spiro atoms. The molecule has 27 heavy (non-hydrogen) atoms. The summed E-state index contributed by atoms with van der Waals surface area (Å²) in [4.78, 5) is 14.6. The summed E-state index contributed by atoms with van der Waals surface area (Å²) in [6.45, 7) is 1.16. The van der Waals surface area contributed by atoms with Gasteiger partial charge in [-0.3, -0.25) is 4.79 Å². The minimum absolute atomic E-state index is 0.0340. The van der Waals surface area contributed by atoms with Gasteiger partial charge in [-0.1, -0.05) is 30.9 Å². The summed E-state index contributed by atoms with van der Waals surface area (Å²) in [5, 5.41) is 8.70. The van der Waals surface area contributed by atoms with Gasteiger partial charge >= 0.3 is 0 Å². The van der Waals surface area contributed by atoms with Crippen LogP contribution >= 0.6 is 11.6 Å². The van der Waals surface area contributed by atoms with Crippen molar-refractivity contribution in [3.8, 4) is 0 Å². The fourth-order valence-corrected chi connectivity index (χ4v) is 4.37. The van der Waals surface area contributed by atoms with Gasteiger partial charge in [0.25, 0.3) is 5.91 Å². The number of likely N-dealkylation sites (tertiary alicyclic amines) is 1. The van der Waals surface area contributed by atoms with Crippen molar-refractivity contribution in [2.24, 2.45) is 0 Å². The van der Waals surface area contributed by atoms with Crippen molar-refractivity contribution in [2.75, 3.05) is 13.1 Å². The maximum atomic E-state index is 13.3. The van der Waals surface area contributed by atoms with Crippen LogP contribution in [0.2, 0.25) is 5.02 Å².